The SMILES string of the molecule is Cc1cc(N)cnc1C=CC=O. The Hall–Kier alpha value is -1.64. The van der Waals surface area contributed by atoms with E-state index < -0.39 is 0 Å². The van der Waals surface area contributed by atoms with Crippen LogP contribution < -0.4 is 5.73 Å². The Labute approximate surface area is 70.9 Å². The van der Waals surface area contributed by atoms with Gasteiger partial charge < -0.3 is 5.73 Å². The van der Waals surface area contributed by atoms with E-state index in [-0.39, 0.29) is 0 Å². The van der Waals surface area contributed by atoms with Gasteiger partial charge in [-0.1, -0.05) is 0 Å². The lowest BCUT2D eigenvalue weighted by Gasteiger charge is -1.98. The number of aryl methyl sites for hydroxylation is 1. The largest absolute Gasteiger partial charge is 0.397 e. The van der Waals surface area contributed by atoms with Gasteiger partial charge in [0.2, 0.25) is 0 Å². The van der Waals surface area contributed by atoms with Crippen molar-refractivity contribution < 1.29 is 4.79 Å². The van der Waals surface area contributed by atoms with Crippen LogP contribution in [-0.4, -0.2) is 11.3 Å². The molecule has 3 nitrogen and oxygen atoms in total. The predicted octanol–water partition coefficient (Wildman–Crippen LogP) is 1.18. The second-order valence-electron chi connectivity index (χ2n) is 2.47. The minimum atomic E-state index is 0.635. The molecular formula is C9H10N2O. The van der Waals surface area contributed by atoms with Gasteiger partial charge in [-0.05, 0) is 30.7 Å². The monoisotopic (exact) mass is 162 g/mol. The Bertz CT molecular complexity index is 318. The molecule has 0 saturated heterocycles. The average molecular weight is 162 g/mol. The molecule has 12 heavy (non-hydrogen) atoms. The van der Waals surface area contributed by atoms with Gasteiger partial charge in [0.25, 0.3) is 0 Å². The molecule has 0 amide bonds. The number of pyridine rings is 1. The van der Waals surface area contributed by atoms with E-state index in [1.54, 1.807) is 12.3 Å². The molecule has 0 atom stereocenters. The van der Waals surface area contributed by atoms with Gasteiger partial charge in [0.05, 0.1) is 17.6 Å². The molecule has 1 heterocycles. The number of hydrogen-bond donors (Lipinski definition) is 1. The highest BCUT2D eigenvalue weighted by atomic mass is 16.1. The van der Waals surface area contributed by atoms with E-state index in [4.69, 9.17) is 5.73 Å². The van der Waals surface area contributed by atoms with Crippen molar-refractivity contribution in [2.45, 2.75) is 6.92 Å². The second-order valence-corrected chi connectivity index (χ2v) is 2.47. The van der Waals surface area contributed by atoms with Crippen LogP contribution in [0.25, 0.3) is 6.08 Å². The molecule has 0 aliphatic rings. The van der Waals surface area contributed by atoms with Crippen LogP contribution in [0.3, 0.4) is 0 Å². The summed E-state index contributed by atoms with van der Waals surface area (Å²) in [5.41, 5.74) is 7.88. The van der Waals surface area contributed by atoms with Crippen molar-refractivity contribution in [3.63, 3.8) is 0 Å². The second kappa shape index (κ2) is 3.67. The van der Waals surface area contributed by atoms with E-state index in [1.165, 1.54) is 6.08 Å². The van der Waals surface area contributed by atoms with E-state index in [2.05, 4.69) is 4.98 Å². The number of aldehydes is 1. The molecule has 0 bridgehead atoms. The fourth-order valence-electron chi connectivity index (χ4n) is 0.912. The standard InChI is InChI=1S/C9H10N2O/c1-7-5-8(10)6-11-9(7)3-2-4-12/h2-6H,10H2,1H3. The zero-order valence-electron chi connectivity index (χ0n) is 6.82. The van der Waals surface area contributed by atoms with Gasteiger partial charge in [-0.15, -0.1) is 0 Å². The Morgan fingerprint density at radius 1 is 1.58 bits per heavy atom. The van der Waals surface area contributed by atoms with Crippen molar-refractivity contribution in [1.29, 1.82) is 0 Å². The fourth-order valence-corrected chi connectivity index (χ4v) is 0.912. The molecule has 2 N–H and O–H groups in total. The molecule has 0 unspecified atom stereocenters. The van der Waals surface area contributed by atoms with Crippen LogP contribution in [0.2, 0.25) is 0 Å². The third kappa shape index (κ3) is 1.92. The zero-order chi connectivity index (χ0) is 8.97. The third-order valence-corrected chi connectivity index (χ3v) is 1.47. The van der Waals surface area contributed by atoms with E-state index in [0.717, 1.165) is 17.5 Å². The summed E-state index contributed by atoms with van der Waals surface area (Å²) in [6.45, 7) is 1.90. The highest BCUT2D eigenvalue weighted by molar-refractivity contribution is 5.73. The summed E-state index contributed by atoms with van der Waals surface area (Å²) >= 11 is 0. The van der Waals surface area contributed by atoms with Crippen LogP contribution >= 0.6 is 0 Å². The summed E-state index contributed by atoms with van der Waals surface area (Å²) in [5.74, 6) is 0. The van der Waals surface area contributed by atoms with E-state index >= 15 is 0 Å². The first-order chi connectivity index (χ1) is 5.74. The maximum Gasteiger partial charge on any atom is 0.142 e. The number of nitrogen functional groups attached to an aromatic ring is 1. The van der Waals surface area contributed by atoms with E-state index in [9.17, 15) is 4.79 Å². The molecule has 1 aromatic heterocycles. The van der Waals surface area contributed by atoms with Crippen molar-refractivity contribution in [3.05, 3.63) is 29.6 Å². The summed E-state index contributed by atoms with van der Waals surface area (Å²) in [6.07, 6.45) is 5.35. The van der Waals surface area contributed by atoms with Crippen LogP contribution in [0.4, 0.5) is 5.69 Å². The lowest BCUT2D eigenvalue weighted by atomic mass is 10.2. The van der Waals surface area contributed by atoms with Gasteiger partial charge in [0.15, 0.2) is 0 Å². The summed E-state index contributed by atoms with van der Waals surface area (Å²) < 4.78 is 0. The Morgan fingerprint density at radius 3 is 2.92 bits per heavy atom. The molecule has 0 aromatic carbocycles. The van der Waals surface area contributed by atoms with Gasteiger partial charge in [0, 0.05) is 0 Å². The fraction of sp³-hybridized carbons (Fsp3) is 0.111. The highest BCUT2D eigenvalue weighted by Crippen LogP contribution is 2.09. The lowest BCUT2D eigenvalue weighted by Crippen LogP contribution is -1.91. The van der Waals surface area contributed by atoms with Crippen molar-refractivity contribution in [2.24, 2.45) is 0 Å². The van der Waals surface area contributed by atoms with Gasteiger partial charge in [0.1, 0.15) is 6.29 Å². The van der Waals surface area contributed by atoms with Crippen molar-refractivity contribution >= 4 is 18.0 Å². The first-order valence-electron chi connectivity index (χ1n) is 3.58. The normalized spacial score (nSPS) is 10.4. The van der Waals surface area contributed by atoms with Crippen LogP contribution in [0.5, 0.6) is 0 Å². The van der Waals surface area contributed by atoms with Gasteiger partial charge in [-0.2, -0.15) is 0 Å². The quantitative estimate of drug-likeness (QED) is 0.524. The number of rotatable bonds is 2. The third-order valence-electron chi connectivity index (χ3n) is 1.47. The molecular weight excluding hydrogens is 152 g/mol. The summed E-state index contributed by atoms with van der Waals surface area (Å²) in [5, 5.41) is 0. The van der Waals surface area contributed by atoms with Crippen molar-refractivity contribution in [1.82, 2.24) is 4.98 Å². The van der Waals surface area contributed by atoms with E-state index in [0.29, 0.717) is 5.69 Å². The molecule has 0 aliphatic carbocycles. The van der Waals surface area contributed by atoms with Gasteiger partial charge in [-0.3, -0.25) is 9.78 Å². The molecule has 62 valence electrons. The number of nitrogens with zero attached hydrogens (tertiary/aromatic N) is 1. The molecule has 0 saturated carbocycles. The lowest BCUT2D eigenvalue weighted by molar-refractivity contribution is -0.104. The smallest absolute Gasteiger partial charge is 0.142 e. The minimum Gasteiger partial charge on any atom is -0.397 e. The summed E-state index contributed by atoms with van der Waals surface area (Å²) in [6, 6.07) is 1.82. The zero-order valence-corrected chi connectivity index (χ0v) is 6.82. The first kappa shape index (κ1) is 8.46. The number of anilines is 1. The molecule has 3 heteroatoms. The van der Waals surface area contributed by atoms with E-state index in [1.807, 2.05) is 13.0 Å². The number of carbonyl (C=O) groups is 1. The first-order valence-corrected chi connectivity index (χ1v) is 3.58. The summed E-state index contributed by atoms with van der Waals surface area (Å²) in [7, 11) is 0. The van der Waals surface area contributed by atoms with Crippen LogP contribution in [0, 0.1) is 6.92 Å². The molecule has 0 aliphatic heterocycles. The van der Waals surface area contributed by atoms with Gasteiger partial charge in [-0.25, -0.2) is 0 Å². The van der Waals surface area contributed by atoms with Crippen LogP contribution in [0.1, 0.15) is 11.3 Å². The predicted molar refractivity (Wildman–Crippen MR) is 48.5 cm³/mol. The van der Waals surface area contributed by atoms with Crippen LogP contribution in [-0.2, 0) is 4.79 Å². The number of hydrogen-bond acceptors (Lipinski definition) is 3. The number of allylic oxidation sites excluding steroid dienone is 1. The maximum atomic E-state index is 10.0. The molecule has 0 fully saturated rings. The molecule has 0 spiro atoms. The molecule has 1 aromatic rings. The van der Waals surface area contributed by atoms with Gasteiger partial charge >= 0.3 is 0 Å². The minimum absolute atomic E-state index is 0.635. The van der Waals surface area contributed by atoms with Crippen molar-refractivity contribution in [2.75, 3.05) is 5.73 Å². The Kier molecular flexibility index (Phi) is 2.58. The Morgan fingerprint density at radius 2 is 2.33 bits per heavy atom. The number of aromatic nitrogens is 1. The topological polar surface area (TPSA) is 56.0 Å². The Balaban J connectivity index is 3.01. The number of nitrogens with two attached hydrogens (primary N) is 1. The highest BCUT2D eigenvalue weighted by Gasteiger charge is 1.94. The molecule has 1 rings (SSSR count). The molecule has 0 radical (unpaired) electrons. The average Bonchev–Trinajstić information content (AvgIpc) is 2.03. The number of carbonyl (C=O) groups excluding carboxylic acids is 1. The van der Waals surface area contributed by atoms with Crippen molar-refractivity contribution in [3.8, 4) is 0 Å². The maximum absolute atomic E-state index is 10.0. The summed E-state index contributed by atoms with van der Waals surface area (Å²) in [4.78, 5) is 14.1. The van der Waals surface area contributed by atoms with Crippen LogP contribution in [0.15, 0.2) is 18.3 Å².